The van der Waals surface area contributed by atoms with Crippen molar-refractivity contribution >= 4 is 33.2 Å². The molecule has 1 heterocycles. The van der Waals surface area contributed by atoms with Crippen molar-refractivity contribution in [1.82, 2.24) is 4.57 Å². The molecule has 0 bridgehead atoms. The largest absolute Gasteiger partial charge is 0.505 e. The van der Waals surface area contributed by atoms with Gasteiger partial charge in [-0.05, 0) is 287 Å². The van der Waals surface area contributed by atoms with E-state index in [-0.39, 0.29) is 78.9 Å². The predicted molar refractivity (Wildman–Crippen MR) is 567 cm³/mol. The van der Waals surface area contributed by atoms with Gasteiger partial charge in [-0.1, -0.05) is 357 Å². The van der Waals surface area contributed by atoms with Crippen LogP contribution in [-0.4, -0.2) is 28.0 Å². The van der Waals surface area contributed by atoms with E-state index in [4.69, 9.17) is 9.47 Å². The third kappa shape index (κ3) is 22.3. The number of nitrogens with zero attached hydrogens (tertiary/aromatic N) is 1. The number of rotatable bonds is 20. The minimum atomic E-state index is -0.472. The fraction of sp³-hybridized carbons (Fsp3) is 0.424. The van der Waals surface area contributed by atoms with Gasteiger partial charge < -0.3 is 29.6 Å². The zero-order chi connectivity index (χ0) is 98.1. The van der Waals surface area contributed by atoms with E-state index in [0.717, 1.165) is 102 Å². The van der Waals surface area contributed by atoms with E-state index in [9.17, 15) is 10.2 Å². The van der Waals surface area contributed by atoms with E-state index in [1.165, 1.54) is 74.3 Å². The van der Waals surface area contributed by atoms with Crippen LogP contribution in [0.2, 0.25) is 0 Å². The van der Waals surface area contributed by atoms with Crippen LogP contribution in [0.3, 0.4) is 0 Å². The topological polar surface area (TPSA) is 75.9 Å². The van der Waals surface area contributed by atoms with Gasteiger partial charge in [-0.25, -0.2) is 8.78 Å². The number of phenolic OH excluding ortho intramolecular Hbond substituents is 2. The third-order valence-corrected chi connectivity index (χ3v) is 27.0. The number of hydrogen-bond donors (Lipinski definition) is 3. The van der Waals surface area contributed by atoms with Gasteiger partial charge in [-0.2, -0.15) is 0 Å². The first kappa shape index (κ1) is 99.8. The van der Waals surface area contributed by atoms with Crippen molar-refractivity contribution in [2.45, 2.75) is 323 Å². The summed E-state index contributed by atoms with van der Waals surface area (Å²) in [5.41, 5.74) is 27.3. The number of hydrogen-bond acceptors (Lipinski definition) is 5. The van der Waals surface area contributed by atoms with Gasteiger partial charge >= 0.3 is 0 Å². The summed E-state index contributed by atoms with van der Waals surface area (Å²) in [7, 11) is 0. The van der Waals surface area contributed by atoms with Crippen molar-refractivity contribution in [2.75, 3.05) is 18.5 Å². The molecule has 12 aromatic carbocycles. The van der Waals surface area contributed by atoms with Crippen molar-refractivity contribution in [3.63, 3.8) is 0 Å². The lowest BCUT2D eigenvalue weighted by Gasteiger charge is -2.34. The third-order valence-electron chi connectivity index (χ3n) is 27.0. The highest BCUT2D eigenvalue weighted by Gasteiger charge is 2.36. The average Bonchev–Trinajstić information content (AvgIpc) is 1.64. The molecule has 0 aliphatic rings. The first-order valence-electron chi connectivity index (χ1n) is 48.5. The van der Waals surface area contributed by atoms with Gasteiger partial charge in [-0.15, -0.1) is 0 Å². The molecule has 8 heteroatoms. The van der Waals surface area contributed by atoms with Crippen molar-refractivity contribution < 1.29 is 28.5 Å². The molecule has 3 N–H and O–H groups in total. The summed E-state index contributed by atoms with van der Waals surface area (Å²) in [6.45, 7) is 81.2. The molecule has 1 aromatic heterocycles. The Labute approximate surface area is 798 Å². The van der Waals surface area contributed by atoms with Crippen LogP contribution in [0, 0.1) is 36.3 Å². The SMILES string of the molecule is Cc1cc(F)cc(-c2cc(C(C)(C)CC(C)(C)C)cc(Nc3cc(-c4cc(C(C)(C)C)cc(C(C)(C)C)c4)ccc3-c3ccc(-c4cc(C(C)(C)C)cc(C(C)(C)C)c4)cc3)c2O)c1OCCCOc1c(C)cc(F)cc1-c1cc(C(C)(C)CC(C)(C)C)cc(-n2c3ccc(-c4cc(C(C)(C)C)cc(C(C)(C)C)c4)cc3c3cc(-c4cc(C(C)(C)C)cc(C(C)(C)C)c4)ccc32)c1O. The van der Waals surface area contributed by atoms with Crippen molar-refractivity contribution in [3.8, 4) is 107 Å². The fourth-order valence-electron chi connectivity index (χ4n) is 19.6. The predicted octanol–water partition coefficient (Wildman–Crippen LogP) is 36.2. The van der Waals surface area contributed by atoms with Crippen LogP contribution in [0.15, 0.2) is 200 Å². The molecule has 0 spiro atoms. The number of halogens is 2. The average molecular weight is 1790 g/mol. The summed E-state index contributed by atoms with van der Waals surface area (Å²) < 4.78 is 49.9. The molecule has 0 radical (unpaired) electrons. The van der Waals surface area contributed by atoms with E-state index in [1.54, 1.807) is 0 Å². The highest BCUT2D eigenvalue weighted by Crippen LogP contribution is 2.53. The van der Waals surface area contributed by atoms with Gasteiger partial charge in [0.15, 0.2) is 0 Å². The monoisotopic (exact) mass is 1790 g/mol. The maximum atomic E-state index is 16.9. The molecule has 13 aromatic rings. The van der Waals surface area contributed by atoms with Crippen molar-refractivity contribution in [1.29, 1.82) is 0 Å². The first-order chi connectivity index (χ1) is 61.1. The number of ether oxygens (including phenoxy) is 2. The van der Waals surface area contributed by atoms with Crippen LogP contribution in [0.25, 0.3) is 105 Å². The number of fused-ring (bicyclic) bond motifs is 3. The fourth-order valence-corrected chi connectivity index (χ4v) is 19.6. The molecule has 0 amide bonds. The number of phenols is 2. The minimum Gasteiger partial charge on any atom is -0.505 e. The van der Waals surface area contributed by atoms with Crippen molar-refractivity contribution in [2.24, 2.45) is 10.8 Å². The van der Waals surface area contributed by atoms with Crippen LogP contribution in [0.1, 0.15) is 321 Å². The summed E-state index contributed by atoms with van der Waals surface area (Å²) in [5.74, 6) is -0.166. The van der Waals surface area contributed by atoms with E-state index in [1.807, 2.05) is 19.9 Å². The van der Waals surface area contributed by atoms with Crippen LogP contribution in [0.4, 0.5) is 20.2 Å². The Kier molecular flexibility index (Phi) is 26.6. The zero-order valence-corrected chi connectivity index (χ0v) is 87.5. The second-order valence-corrected chi connectivity index (χ2v) is 50.8. The van der Waals surface area contributed by atoms with Crippen LogP contribution >= 0.6 is 0 Å². The number of benzene rings is 12. The van der Waals surface area contributed by atoms with Crippen molar-refractivity contribution in [3.05, 3.63) is 279 Å². The molecule has 0 fully saturated rings. The Morgan fingerprint density at radius 2 is 0.571 bits per heavy atom. The normalized spacial score (nSPS) is 13.2. The molecule has 6 nitrogen and oxygen atoms in total. The Morgan fingerprint density at radius 3 is 0.910 bits per heavy atom. The highest BCUT2D eigenvalue weighted by molar-refractivity contribution is 6.12. The Hall–Kier alpha value is -10.7. The van der Waals surface area contributed by atoms with Crippen LogP contribution in [0.5, 0.6) is 23.0 Å². The molecule has 0 saturated heterocycles. The molecule has 133 heavy (non-hydrogen) atoms. The van der Waals surface area contributed by atoms with Crippen LogP contribution < -0.4 is 14.8 Å². The summed E-state index contributed by atoms with van der Waals surface area (Å²) in [6.07, 6.45) is 1.93. The van der Waals surface area contributed by atoms with Crippen LogP contribution in [-0.2, 0) is 54.1 Å². The molecule has 0 unspecified atom stereocenters. The Morgan fingerprint density at radius 1 is 0.271 bits per heavy atom. The van der Waals surface area contributed by atoms with Gasteiger partial charge in [0, 0.05) is 50.7 Å². The first-order valence-corrected chi connectivity index (χ1v) is 48.5. The quantitative estimate of drug-likeness (QED) is 0.0524. The maximum absolute atomic E-state index is 16.9. The standard InChI is InChI=1S/C125H154F2N2O4/c1-75-50-96(126)71-103(101-67-94(124(33,34)73-114(3,4)5)69-106(110(101)130)128-105-62-81(85-58-92(122(27,28)29)66-93(59-85)123(30,31)32)42-45-98(105)78-40-38-77(39-41-78)82-52-86(116(9,10)11)63-87(53-82)117(12,13)14)112(75)132-48-37-49-133-113-76(2)51-97(127)72-104(113)102-68-95(125(35,36)74-115(6,7)8)70-109(111(102)131)129-107-46-43-79(83-54-88(118(15,16)17)64-89(55-83)119(18,19)20)60-99(107)100-61-80(44-47-108(100)129)84-56-90(120(21,22)23)65-91(57-84)121(24,25)26/h38-47,50-72,128,130-131H,37,48-49,73-74H2,1-36H3. The summed E-state index contributed by atoms with van der Waals surface area (Å²) in [4.78, 5) is 0. The smallest absolute Gasteiger partial charge is 0.147 e. The van der Waals surface area contributed by atoms with Gasteiger partial charge in [0.05, 0.1) is 35.6 Å². The lowest BCUT2D eigenvalue weighted by atomic mass is 9.71. The Bertz CT molecular complexity index is 6320. The van der Waals surface area contributed by atoms with Gasteiger partial charge in [0.25, 0.3) is 0 Å². The molecular weight excluding hydrogens is 1630 g/mol. The number of nitrogens with one attached hydrogen (secondary N) is 1. The summed E-state index contributed by atoms with van der Waals surface area (Å²) in [5, 5.41) is 33.2. The van der Waals surface area contributed by atoms with E-state index >= 15 is 8.78 Å². The molecule has 0 aliphatic heterocycles. The summed E-state index contributed by atoms with van der Waals surface area (Å²) >= 11 is 0. The molecular formula is C125H154F2N2O4. The minimum absolute atomic E-state index is 0.0171. The summed E-state index contributed by atoms with van der Waals surface area (Å²) in [6, 6.07) is 71.6. The second-order valence-electron chi connectivity index (χ2n) is 50.8. The molecule has 0 saturated carbocycles. The highest BCUT2D eigenvalue weighted by atomic mass is 19.1. The lowest BCUT2D eigenvalue weighted by molar-refractivity contribution is 0.246. The molecule has 0 atom stereocenters. The zero-order valence-electron chi connectivity index (χ0n) is 87.5. The van der Waals surface area contributed by atoms with E-state index < -0.39 is 22.5 Å². The van der Waals surface area contributed by atoms with E-state index in [2.05, 4.69) is 415 Å². The molecule has 13 rings (SSSR count). The molecule has 0 aliphatic carbocycles. The second kappa shape index (κ2) is 35.5. The Balaban J connectivity index is 0.909. The number of aromatic nitrogens is 1. The van der Waals surface area contributed by atoms with Gasteiger partial charge in [0.1, 0.15) is 34.6 Å². The van der Waals surface area contributed by atoms with Gasteiger partial charge in [-0.3, -0.25) is 0 Å². The number of aryl methyl sites for hydroxylation is 2. The number of aromatic hydroxyl groups is 2. The van der Waals surface area contributed by atoms with Gasteiger partial charge in [0.2, 0.25) is 0 Å². The lowest BCUT2D eigenvalue weighted by Crippen LogP contribution is -2.25. The van der Waals surface area contributed by atoms with E-state index in [0.29, 0.717) is 62.7 Å². The number of anilines is 2. The molecule has 702 valence electrons. The maximum Gasteiger partial charge on any atom is 0.147 e.